The smallest absolute Gasteiger partial charge is 0.267 e. The lowest BCUT2D eigenvalue weighted by Crippen LogP contribution is -2.37. The first-order valence-electron chi connectivity index (χ1n) is 8.94. The molecule has 7 nitrogen and oxygen atoms in total. The molecule has 0 radical (unpaired) electrons. The molecule has 134 valence electrons. The third kappa shape index (κ3) is 3.46. The van der Waals surface area contributed by atoms with Crippen molar-refractivity contribution in [2.24, 2.45) is 0 Å². The van der Waals surface area contributed by atoms with E-state index in [0.717, 1.165) is 67.4 Å². The average Bonchev–Trinajstić information content (AvgIpc) is 3.30. The lowest BCUT2D eigenvalue weighted by Gasteiger charge is -2.23. The average molecular weight is 360 g/mol. The summed E-state index contributed by atoms with van der Waals surface area (Å²) in [5, 5.41) is 5.56. The zero-order valence-corrected chi connectivity index (χ0v) is 15.6. The fraction of sp³-hybridized carbons (Fsp3) is 0.647. The van der Waals surface area contributed by atoms with Crippen molar-refractivity contribution in [1.29, 1.82) is 0 Å². The quantitative estimate of drug-likeness (QED) is 0.801. The molecule has 8 heteroatoms. The minimum atomic E-state index is 0.0363. The molecular formula is C17H24N6OS. The predicted octanol–water partition coefficient (Wildman–Crippen LogP) is 1.31. The van der Waals surface area contributed by atoms with Crippen LogP contribution in [0, 0.1) is 0 Å². The van der Waals surface area contributed by atoms with Crippen LogP contribution in [0.1, 0.15) is 36.3 Å². The first kappa shape index (κ1) is 16.7. The van der Waals surface area contributed by atoms with Gasteiger partial charge in [-0.2, -0.15) is 9.47 Å². The summed E-state index contributed by atoms with van der Waals surface area (Å²) in [5.41, 5.74) is 2.29. The van der Waals surface area contributed by atoms with E-state index < -0.39 is 0 Å². The number of hydrogen-bond donors (Lipinski definition) is 0. The summed E-state index contributed by atoms with van der Waals surface area (Å²) in [6.07, 6.45) is 5.35. The molecule has 1 aliphatic heterocycles. The van der Waals surface area contributed by atoms with Crippen LogP contribution >= 0.6 is 11.5 Å². The molecule has 1 fully saturated rings. The van der Waals surface area contributed by atoms with Gasteiger partial charge in [0.15, 0.2) is 5.82 Å². The number of nitrogens with zero attached hydrogens (tertiary/aromatic N) is 6. The van der Waals surface area contributed by atoms with Crippen LogP contribution in [0.25, 0.3) is 0 Å². The monoisotopic (exact) mass is 360 g/mol. The van der Waals surface area contributed by atoms with Gasteiger partial charge in [-0.15, -0.1) is 0 Å². The first-order chi connectivity index (χ1) is 12.1. The van der Waals surface area contributed by atoms with Crippen molar-refractivity contribution < 1.29 is 0 Å². The van der Waals surface area contributed by atoms with E-state index in [9.17, 15) is 4.79 Å². The van der Waals surface area contributed by atoms with Crippen molar-refractivity contribution in [3.63, 3.8) is 0 Å². The molecule has 0 aromatic carbocycles. The Balaban J connectivity index is 1.47. The number of rotatable bonds is 5. The third-order valence-corrected chi connectivity index (χ3v) is 6.01. The Hall–Kier alpha value is -1.80. The normalized spacial score (nSPS) is 20.2. The van der Waals surface area contributed by atoms with E-state index in [1.807, 2.05) is 19.0 Å². The minimum absolute atomic E-state index is 0.0363. The zero-order chi connectivity index (χ0) is 17.4. The SMILES string of the molecule is CN(C)c1nc(CN2CCCC2Cn2nc3c(cc2=O)CCC3)ns1. The fourth-order valence-corrected chi connectivity index (χ4v) is 4.35. The van der Waals surface area contributed by atoms with Gasteiger partial charge in [-0.3, -0.25) is 9.69 Å². The number of aromatic nitrogens is 4. The number of fused-ring (bicyclic) bond motifs is 1. The lowest BCUT2D eigenvalue weighted by atomic mass is 10.2. The van der Waals surface area contributed by atoms with Crippen LogP contribution in [0.3, 0.4) is 0 Å². The summed E-state index contributed by atoms with van der Waals surface area (Å²) in [6.45, 7) is 2.44. The zero-order valence-electron chi connectivity index (χ0n) is 14.8. The fourth-order valence-electron chi connectivity index (χ4n) is 3.75. The van der Waals surface area contributed by atoms with E-state index >= 15 is 0 Å². The van der Waals surface area contributed by atoms with E-state index in [2.05, 4.69) is 19.4 Å². The highest BCUT2D eigenvalue weighted by Gasteiger charge is 2.27. The molecule has 1 aliphatic carbocycles. The molecule has 0 bridgehead atoms. The molecule has 1 saturated heterocycles. The van der Waals surface area contributed by atoms with Gasteiger partial charge in [-0.25, -0.2) is 9.67 Å². The van der Waals surface area contributed by atoms with Gasteiger partial charge in [-0.05, 0) is 44.2 Å². The van der Waals surface area contributed by atoms with Crippen molar-refractivity contribution in [2.75, 3.05) is 25.5 Å². The van der Waals surface area contributed by atoms with Gasteiger partial charge in [0.25, 0.3) is 5.56 Å². The number of hydrogen-bond acceptors (Lipinski definition) is 7. The predicted molar refractivity (Wildman–Crippen MR) is 98.2 cm³/mol. The van der Waals surface area contributed by atoms with E-state index in [-0.39, 0.29) is 5.56 Å². The van der Waals surface area contributed by atoms with Gasteiger partial charge in [0.2, 0.25) is 5.13 Å². The second kappa shape index (κ2) is 6.84. The van der Waals surface area contributed by atoms with Crippen LogP contribution in [0.2, 0.25) is 0 Å². The highest BCUT2D eigenvalue weighted by Crippen LogP contribution is 2.23. The summed E-state index contributed by atoms with van der Waals surface area (Å²) in [4.78, 5) is 21.3. The molecule has 1 unspecified atom stereocenters. The molecule has 0 amide bonds. The van der Waals surface area contributed by atoms with E-state index in [4.69, 9.17) is 0 Å². The molecule has 3 heterocycles. The van der Waals surface area contributed by atoms with Crippen LogP contribution in [0.5, 0.6) is 0 Å². The molecule has 0 saturated carbocycles. The van der Waals surface area contributed by atoms with Crippen molar-refractivity contribution >= 4 is 16.7 Å². The molecule has 4 rings (SSSR count). The summed E-state index contributed by atoms with van der Waals surface area (Å²) < 4.78 is 6.14. The largest absolute Gasteiger partial charge is 0.353 e. The Bertz CT molecular complexity index is 814. The van der Waals surface area contributed by atoms with Crippen LogP contribution in [0.15, 0.2) is 10.9 Å². The maximum absolute atomic E-state index is 12.4. The molecular weight excluding hydrogens is 336 g/mol. The topological polar surface area (TPSA) is 67.2 Å². The Morgan fingerprint density at radius 1 is 1.32 bits per heavy atom. The van der Waals surface area contributed by atoms with Gasteiger partial charge in [0.1, 0.15) is 0 Å². The van der Waals surface area contributed by atoms with Crippen LogP contribution in [-0.4, -0.2) is 50.7 Å². The second-order valence-corrected chi connectivity index (χ2v) is 7.87. The van der Waals surface area contributed by atoms with Gasteiger partial charge in [0, 0.05) is 37.7 Å². The summed E-state index contributed by atoms with van der Waals surface area (Å²) in [7, 11) is 3.96. The summed E-state index contributed by atoms with van der Waals surface area (Å²) in [6, 6.07) is 2.12. The highest BCUT2D eigenvalue weighted by atomic mass is 32.1. The van der Waals surface area contributed by atoms with Gasteiger partial charge >= 0.3 is 0 Å². The van der Waals surface area contributed by atoms with Crippen LogP contribution < -0.4 is 10.5 Å². The van der Waals surface area contributed by atoms with Crippen molar-refractivity contribution in [3.05, 3.63) is 33.5 Å². The standard InChI is InChI=1S/C17H24N6OS/c1-21(2)17-18-15(20-25-17)11-22-8-4-6-13(22)10-23-16(24)9-12-5-3-7-14(12)19-23/h9,13H,3-8,10-11H2,1-2H3. The van der Waals surface area contributed by atoms with Crippen LogP contribution in [0.4, 0.5) is 5.13 Å². The Morgan fingerprint density at radius 3 is 3.00 bits per heavy atom. The molecule has 0 spiro atoms. The van der Waals surface area contributed by atoms with Gasteiger partial charge in [-0.1, -0.05) is 0 Å². The molecule has 25 heavy (non-hydrogen) atoms. The van der Waals surface area contributed by atoms with Gasteiger partial charge in [0.05, 0.1) is 18.8 Å². The molecule has 2 aromatic rings. The van der Waals surface area contributed by atoms with Crippen molar-refractivity contribution in [3.8, 4) is 0 Å². The summed E-state index contributed by atoms with van der Waals surface area (Å²) in [5.74, 6) is 0.870. The number of aryl methyl sites for hydroxylation is 2. The van der Waals surface area contributed by atoms with Crippen molar-refractivity contribution in [2.45, 2.75) is 51.2 Å². The molecule has 2 aliphatic rings. The Kier molecular flexibility index (Phi) is 4.56. The number of anilines is 1. The van der Waals surface area contributed by atoms with Crippen molar-refractivity contribution in [1.82, 2.24) is 24.0 Å². The summed E-state index contributed by atoms with van der Waals surface area (Å²) >= 11 is 1.43. The minimum Gasteiger partial charge on any atom is -0.353 e. The first-order valence-corrected chi connectivity index (χ1v) is 9.71. The van der Waals surface area contributed by atoms with E-state index in [1.165, 1.54) is 11.5 Å². The molecule has 0 N–H and O–H groups in total. The maximum atomic E-state index is 12.4. The van der Waals surface area contributed by atoms with E-state index in [1.54, 1.807) is 10.7 Å². The lowest BCUT2D eigenvalue weighted by molar-refractivity contribution is 0.212. The maximum Gasteiger partial charge on any atom is 0.267 e. The Labute approximate surface area is 151 Å². The Morgan fingerprint density at radius 2 is 2.20 bits per heavy atom. The number of likely N-dealkylation sites (tertiary alicyclic amines) is 1. The van der Waals surface area contributed by atoms with Crippen LogP contribution in [-0.2, 0) is 25.9 Å². The third-order valence-electron chi connectivity index (χ3n) is 5.09. The molecule has 2 aromatic heterocycles. The second-order valence-electron chi connectivity index (χ2n) is 7.14. The van der Waals surface area contributed by atoms with Gasteiger partial charge < -0.3 is 4.90 Å². The van der Waals surface area contributed by atoms with E-state index in [0.29, 0.717) is 12.6 Å². The molecule has 1 atom stereocenters. The highest BCUT2D eigenvalue weighted by molar-refractivity contribution is 7.09.